The molecule has 5 nitrogen and oxygen atoms in total. The molecule has 0 aliphatic heterocycles. The van der Waals surface area contributed by atoms with Crippen molar-refractivity contribution in [2.24, 2.45) is 7.05 Å². The zero-order valence-electron chi connectivity index (χ0n) is 12.1. The molecule has 3 rings (SSSR count). The molecule has 0 aliphatic rings. The van der Waals surface area contributed by atoms with Gasteiger partial charge in [0.1, 0.15) is 4.83 Å². The van der Waals surface area contributed by atoms with E-state index < -0.39 is 0 Å². The van der Waals surface area contributed by atoms with E-state index >= 15 is 0 Å². The highest BCUT2D eigenvalue weighted by molar-refractivity contribution is 7.18. The average molecular weight is 301 g/mol. The Kier molecular flexibility index (Phi) is 3.25. The van der Waals surface area contributed by atoms with E-state index in [4.69, 9.17) is 0 Å². The summed E-state index contributed by atoms with van der Waals surface area (Å²) < 4.78 is 3.20. The minimum absolute atomic E-state index is 0.0140. The smallest absolute Gasteiger partial charge is 0.262 e. The second-order valence-corrected chi connectivity index (χ2v) is 6.33. The summed E-state index contributed by atoms with van der Waals surface area (Å²) in [6.45, 7) is 3.90. The Morgan fingerprint density at radius 3 is 2.81 bits per heavy atom. The fourth-order valence-corrected chi connectivity index (χ4v) is 3.28. The van der Waals surface area contributed by atoms with Crippen molar-refractivity contribution >= 4 is 27.3 Å². The zero-order chi connectivity index (χ0) is 15.1. The maximum atomic E-state index is 12.5. The van der Waals surface area contributed by atoms with Crippen LogP contribution >= 0.6 is 11.3 Å². The number of carbonyl (C=O) groups is 1. The van der Waals surface area contributed by atoms with E-state index in [1.165, 1.54) is 22.2 Å². The van der Waals surface area contributed by atoms with Crippen LogP contribution in [0.3, 0.4) is 0 Å². The number of ketones is 1. The third-order valence-electron chi connectivity index (χ3n) is 3.62. The molecule has 0 unspecified atom stereocenters. The van der Waals surface area contributed by atoms with Gasteiger partial charge in [0.15, 0.2) is 5.78 Å². The predicted octanol–water partition coefficient (Wildman–Crippen LogP) is 2.30. The zero-order valence-corrected chi connectivity index (χ0v) is 12.9. The molecule has 0 bridgehead atoms. The van der Waals surface area contributed by atoms with Crippen molar-refractivity contribution in [1.82, 2.24) is 14.1 Å². The molecule has 0 aromatic carbocycles. The number of Topliss-reactive ketones (excluding diaryl/α,β-unsaturated/α-hetero) is 1. The summed E-state index contributed by atoms with van der Waals surface area (Å²) in [5, 5.41) is 0.626. The second kappa shape index (κ2) is 4.96. The Bertz CT molecular complexity index is 901. The molecule has 0 fully saturated rings. The molecular weight excluding hydrogens is 286 g/mol. The van der Waals surface area contributed by atoms with Crippen LogP contribution in [0, 0.1) is 13.8 Å². The van der Waals surface area contributed by atoms with Crippen molar-refractivity contribution in [3.63, 3.8) is 0 Å². The molecule has 0 aliphatic carbocycles. The van der Waals surface area contributed by atoms with Gasteiger partial charge in [0.25, 0.3) is 5.56 Å². The molecule has 6 heteroatoms. The maximum absolute atomic E-state index is 12.5. The Balaban J connectivity index is 2.02. The van der Waals surface area contributed by atoms with Crippen LogP contribution in [0.2, 0.25) is 0 Å². The van der Waals surface area contributed by atoms with Gasteiger partial charge in [-0.1, -0.05) is 0 Å². The van der Waals surface area contributed by atoms with E-state index in [0.717, 1.165) is 15.3 Å². The number of nitrogens with zero attached hydrogens (tertiary/aromatic N) is 3. The van der Waals surface area contributed by atoms with Gasteiger partial charge >= 0.3 is 0 Å². The average Bonchev–Trinajstić information content (AvgIpc) is 2.99. The lowest BCUT2D eigenvalue weighted by Gasteiger charge is -2.04. The molecule has 0 atom stereocenters. The van der Waals surface area contributed by atoms with Crippen LogP contribution in [0.5, 0.6) is 0 Å². The summed E-state index contributed by atoms with van der Waals surface area (Å²) >= 11 is 1.51. The van der Waals surface area contributed by atoms with Gasteiger partial charge in [-0.25, -0.2) is 4.98 Å². The van der Waals surface area contributed by atoms with Crippen LogP contribution in [-0.4, -0.2) is 19.9 Å². The predicted molar refractivity (Wildman–Crippen MR) is 83.1 cm³/mol. The van der Waals surface area contributed by atoms with Crippen molar-refractivity contribution in [3.05, 3.63) is 51.1 Å². The van der Waals surface area contributed by atoms with Crippen LogP contribution in [0.1, 0.15) is 20.8 Å². The fraction of sp³-hybridized carbons (Fsp3) is 0.267. The molecule has 0 saturated heterocycles. The Labute approximate surface area is 125 Å². The molecule has 3 aromatic heterocycles. The van der Waals surface area contributed by atoms with Crippen molar-refractivity contribution in [1.29, 1.82) is 0 Å². The number of rotatable bonds is 3. The summed E-state index contributed by atoms with van der Waals surface area (Å²) in [5.74, 6) is -0.0940. The fourth-order valence-electron chi connectivity index (χ4n) is 2.30. The lowest BCUT2D eigenvalue weighted by atomic mass is 10.2. The molecule has 0 spiro atoms. The molecule has 108 valence electrons. The normalized spacial score (nSPS) is 11.2. The van der Waals surface area contributed by atoms with Gasteiger partial charge in [-0.15, -0.1) is 11.3 Å². The standard InChI is InChI=1S/C15H15N3O2S/c1-9-10(2)21-14-13(9)15(20)18(8-16-14)7-12(19)11-4-5-17(3)6-11/h4-6,8H,7H2,1-3H3. The summed E-state index contributed by atoms with van der Waals surface area (Å²) in [5.41, 5.74) is 1.41. The number of hydrogen-bond donors (Lipinski definition) is 0. The topological polar surface area (TPSA) is 56.9 Å². The van der Waals surface area contributed by atoms with E-state index in [1.807, 2.05) is 31.7 Å². The number of carbonyl (C=O) groups excluding carboxylic acids is 1. The second-order valence-electron chi connectivity index (χ2n) is 5.13. The van der Waals surface area contributed by atoms with Crippen LogP contribution in [0.4, 0.5) is 0 Å². The quantitative estimate of drug-likeness (QED) is 0.697. The minimum Gasteiger partial charge on any atom is -0.357 e. The minimum atomic E-state index is -0.147. The van der Waals surface area contributed by atoms with Gasteiger partial charge in [-0.2, -0.15) is 0 Å². The van der Waals surface area contributed by atoms with Crippen molar-refractivity contribution in [2.75, 3.05) is 0 Å². The van der Waals surface area contributed by atoms with Gasteiger partial charge in [0.05, 0.1) is 18.3 Å². The molecule has 3 aromatic rings. The van der Waals surface area contributed by atoms with Gasteiger partial charge in [-0.3, -0.25) is 14.2 Å². The van der Waals surface area contributed by atoms with Gasteiger partial charge < -0.3 is 4.57 Å². The van der Waals surface area contributed by atoms with Gasteiger partial charge in [0, 0.05) is 29.9 Å². The lowest BCUT2D eigenvalue weighted by molar-refractivity contribution is 0.0970. The lowest BCUT2D eigenvalue weighted by Crippen LogP contribution is -2.24. The van der Waals surface area contributed by atoms with E-state index in [9.17, 15) is 9.59 Å². The summed E-state index contributed by atoms with van der Waals surface area (Å²) in [4.78, 5) is 30.8. The summed E-state index contributed by atoms with van der Waals surface area (Å²) in [7, 11) is 1.86. The van der Waals surface area contributed by atoms with Crippen LogP contribution in [0.15, 0.2) is 29.6 Å². The third kappa shape index (κ3) is 2.31. The number of fused-ring (bicyclic) bond motifs is 1. The summed E-state index contributed by atoms with van der Waals surface area (Å²) in [6.07, 6.45) is 5.02. The highest BCUT2D eigenvalue weighted by Gasteiger charge is 2.14. The maximum Gasteiger partial charge on any atom is 0.262 e. The van der Waals surface area contributed by atoms with Gasteiger partial charge in [0.2, 0.25) is 0 Å². The first-order chi connectivity index (χ1) is 9.97. The number of aryl methyl sites for hydroxylation is 3. The van der Waals surface area contributed by atoms with E-state index in [1.54, 1.807) is 12.3 Å². The first-order valence-corrected chi connectivity index (χ1v) is 7.39. The Morgan fingerprint density at radius 1 is 1.38 bits per heavy atom. The SMILES string of the molecule is Cc1sc2ncn(CC(=O)c3ccn(C)c3)c(=O)c2c1C. The van der Waals surface area contributed by atoms with Crippen molar-refractivity contribution in [2.45, 2.75) is 20.4 Å². The largest absolute Gasteiger partial charge is 0.357 e. The van der Waals surface area contributed by atoms with Crippen LogP contribution in [-0.2, 0) is 13.6 Å². The van der Waals surface area contributed by atoms with Crippen LogP contribution in [0.25, 0.3) is 10.2 Å². The van der Waals surface area contributed by atoms with E-state index in [2.05, 4.69) is 4.98 Å². The molecular formula is C15H15N3O2S. The number of thiophene rings is 1. The molecule has 3 heterocycles. The third-order valence-corrected chi connectivity index (χ3v) is 4.74. The Morgan fingerprint density at radius 2 is 2.14 bits per heavy atom. The first kappa shape index (κ1) is 13.8. The molecule has 0 amide bonds. The van der Waals surface area contributed by atoms with Gasteiger partial charge in [-0.05, 0) is 25.5 Å². The molecule has 21 heavy (non-hydrogen) atoms. The van der Waals surface area contributed by atoms with E-state index in [0.29, 0.717) is 10.9 Å². The van der Waals surface area contributed by atoms with E-state index in [-0.39, 0.29) is 17.9 Å². The number of hydrogen-bond acceptors (Lipinski definition) is 4. The highest BCUT2D eigenvalue weighted by Crippen LogP contribution is 2.25. The van der Waals surface area contributed by atoms with Crippen LogP contribution < -0.4 is 5.56 Å². The molecule has 0 N–H and O–H groups in total. The molecule has 0 saturated carbocycles. The highest BCUT2D eigenvalue weighted by atomic mass is 32.1. The van der Waals surface area contributed by atoms with Crippen molar-refractivity contribution < 1.29 is 4.79 Å². The van der Waals surface area contributed by atoms with Crippen molar-refractivity contribution in [3.8, 4) is 0 Å². The summed E-state index contributed by atoms with van der Waals surface area (Å²) in [6, 6.07) is 1.75. The first-order valence-electron chi connectivity index (χ1n) is 6.57. The number of aromatic nitrogens is 3. The monoisotopic (exact) mass is 301 g/mol. The Hall–Kier alpha value is -2.21. The molecule has 0 radical (unpaired) electrons.